The molecule has 140 valence electrons. The number of hydrogen-bond donors (Lipinski definition) is 1. The van der Waals surface area contributed by atoms with E-state index in [1.54, 1.807) is 12.1 Å². The zero-order valence-electron chi connectivity index (χ0n) is 14.4. The summed E-state index contributed by atoms with van der Waals surface area (Å²) < 4.78 is 42.5. The monoisotopic (exact) mass is 372 g/mol. The van der Waals surface area contributed by atoms with Gasteiger partial charge in [0.25, 0.3) is 0 Å². The second-order valence-corrected chi connectivity index (χ2v) is 7.33. The van der Waals surface area contributed by atoms with Gasteiger partial charge in [-0.3, -0.25) is 9.69 Å². The Bertz CT molecular complexity index is 656. The van der Waals surface area contributed by atoms with E-state index >= 15 is 0 Å². The van der Waals surface area contributed by atoms with Gasteiger partial charge in [0.15, 0.2) is 0 Å². The Morgan fingerprint density at radius 1 is 1.24 bits per heavy atom. The summed E-state index contributed by atoms with van der Waals surface area (Å²) in [5, 5.41) is 0. The van der Waals surface area contributed by atoms with Crippen LogP contribution in [0.15, 0.2) is 29.2 Å². The summed E-state index contributed by atoms with van der Waals surface area (Å²) in [7, 11) is -1.10. The molecule has 2 rings (SSSR count). The van der Waals surface area contributed by atoms with Gasteiger partial charge in [-0.1, -0.05) is 0 Å². The molecule has 0 radical (unpaired) electrons. The normalized spacial score (nSPS) is 17.0. The average Bonchev–Trinajstić information content (AvgIpc) is 2.65. The lowest BCUT2D eigenvalue weighted by Crippen LogP contribution is -2.45. The van der Waals surface area contributed by atoms with Crippen molar-refractivity contribution in [2.75, 3.05) is 47.1 Å². The molecule has 0 saturated carbocycles. The van der Waals surface area contributed by atoms with E-state index < -0.39 is 22.0 Å². The summed E-state index contributed by atoms with van der Waals surface area (Å²) >= 11 is 0. The van der Waals surface area contributed by atoms with Crippen LogP contribution in [0.3, 0.4) is 0 Å². The first kappa shape index (κ1) is 19.6. The maximum Gasteiger partial charge on any atom is 0.323 e. The van der Waals surface area contributed by atoms with Gasteiger partial charge in [-0.15, -0.1) is 0 Å². The summed E-state index contributed by atoms with van der Waals surface area (Å²) in [4.78, 5) is 14.2. The van der Waals surface area contributed by atoms with E-state index in [-0.39, 0.29) is 4.90 Å². The van der Waals surface area contributed by atoms with Gasteiger partial charge < -0.3 is 14.2 Å². The van der Waals surface area contributed by atoms with Crippen molar-refractivity contribution in [1.29, 1.82) is 0 Å². The van der Waals surface area contributed by atoms with Gasteiger partial charge in [0.1, 0.15) is 11.8 Å². The Morgan fingerprint density at radius 2 is 1.88 bits per heavy atom. The maximum absolute atomic E-state index is 12.5. The molecule has 1 heterocycles. The number of sulfonamides is 1. The Labute approximate surface area is 148 Å². The highest BCUT2D eigenvalue weighted by Crippen LogP contribution is 2.16. The molecule has 0 bridgehead atoms. The van der Waals surface area contributed by atoms with Crippen LogP contribution >= 0.6 is 0 Å². The number of esters is 1. The third-order valence-corrected chi connectivity index (χ3v) is 5.48. The van der Waals surface area contributed by atoms with Gasteiger partial charge in [0.05, 0.1) is 32.3 Å². The number of methoxy groups -OCH3 is 2. The molecule has 1 aromatic carbocycles. The highest BCUT2D eigenvalue weighted by Gasteiger charge is 2.27. The molecule has 1 atom stereocenters. The fourth-order valence-electron chi connectivity index (χ4n) is 2.51. The third kappa shape index (κ3) is 5.67. The van der Waals surface area contributed by atoms with Crippen molar-refractivity contribution in [2.24, 2.45) is 0 Å². The summed E-state index contributed by atoms with van der Waals surface area (Å²) in [5.41, 5.74) is 0. The minimum absolute atomic E-state index is 0.0635. The van der Waals surface area contributed by atoms with Gasteiger partial charge in [-0.05, 0) is 30.7 Å². The number of nitrogens with one attached hydrogen (secondary N) is 1. The van der Waals surface area contributed by atoms with Gasteiger partial charge >= 0.3 is 5.97 Å². The highest BCUT2D eigenvalue weighted by molar-refractivity contribution is 7.89. The second kappa shape index (κ2) is 9.14. The van der Waals surface area contributed by atoms with E-state index in [2.05, 4.69) is 9.62 Å². The molecule has 0 spiro atoms. The average molecular weight is 372 g/mol. The van der Waals surface area contributed by atoms with Crippen molar-refractivity contribution in [3.63, 3.8) is 0 Å². The Kier molecular flexibility index (Phi) is 7.18. The molecular formula is C16H24N2O6S. The van der Waals surface area contributed by atoms with Crippen LogP contribution in [0.25, 0.3) is 0 Å². The Balaban J connectivity index is 2.04. The summed E-state index contributed by atoms with van der Waals surface area (Å²) in [6.07, 6.45) is 0.321. The van der Waals surface area contributed by atoms with Gasteiger partial charge in [0, 0.05) is 19.6 Å². The molecule has 9 heteroatoms. The van der Waals surface area contributed by atoms with Crippen LogP contribution in [0.2, 0.25) is 0 Å². The first-order valence-electron chi connectivity index (χ1n) is 8.00. The lowest BCUT2D eigenvalue weighted by molar-refractivity contribution is -0.142. The van der Waals surface area contributed by atoms with E-state index in [9.17, 15) is 13.2 Å². The molecule has 25 heavy (non-hydrogen) atoms. The van der Waals surface area contributed by atoms with Crippen LogP contribution in [-0.4, -0.2) is 72.4 Å². The number of morpholine rings is 1. The van der Waals surface area contributed by atoms with Crippen molar-refractivity contribution in [2.45, 2.75) is 17.4 Å². The van der Waals surface area contributed by atoms with Crippen LogP contribution in [0.4, 0.5) is 0 Å². The fourth-order valence-corrected chi connectivity index (χ4v) is 3.73. The standard InChI is InChI=1S/C16H24N2O6S/c1-22-13-3-5-14(6-4-13)25(20,21)17-15(16(19)23-2)7-8-18-9-11-24-12-10-18/h3-6,15,17H,7-12H2,1-2H3. The van der Waals surface area contributed by atoms with Crippen molar-refractivity contribution in [3.8, 4) is 5.75 Å². The minimum Gasteiger partial charge on any atom is -0.497 e. The minimum atomic E-state index is -3.84. The number of nitrogens with zero attached hydrogens (tertiary/aromatic N) is 1. The first-order valence-corrected chi connectivity index (χ1v) is 9.49. The predicted molar refractivity (Wildman–Crippen MR) is 91.0 cm³/mol. The van der Waals surface area contributed by atoms with Crippen LogP contribution in [0.1, 0.15) is 6.42 Å². The van der Waals surface area contributed by atoms with Crippen LogP contribution in [-0.2, 0) is 24.3 Å². The first-order chi connectivity index (χ1) is 12.0. The van der Waals surface area contributed by atoms with Gasteiger partial charge in [-0.25, -0.2) is 8.42 Å². The summed E-state index contributed by atoms with van der Waals surface area (Å²) in [5.74, 6) is -0.0545. The molecule has 0 aromatic heterocycles. The van der Waals surface area contributed by atoms with Crippen molar-refractivity contribution in [1.82, 2.24) is 9.62 Å². The van der Waals surface area contributed by atoms with Crippen molar-refractivity contribution < 1.29 is 27.4 Å². The SMILES string of the molecule is COC(=O)C(CCN1CCOCC1)NS(=O)(=O)c1ccc(OC)cc1. The second-order valence-electron chi connectivity index (χ2n) is 5.62. The quantitative estimate of drug-likeness (QED) is 0.653. The van der Waals surface area contributed by atoms with E-state index in [1.165, 1.54) is 26.4 Å². The number of carbonyl (C=O) groups is 1. The molecular weight excluding hydrogens is 348 g/mol. The number of benzene rings is 1. The maximum atomic E-state index is 12.5. The lowest BCUT2D eigenvalue weighted by Gasteiger charge is -2.27. The number of ether oxygens (including phenoxy) is 3. The molecule has 1 saturated heterocycles. The molecule has 1 N–H and O–H groups in total. The molecule has 1 aliphatic heterocycles. The third-order valence-electron chi connectivity index (χ3n) is 3.99. The molecule has 0 aliphatic carbocycles. The zero-order valence-corrected chi connectivity index (χ0v) is 15.3. The van der Waals surface area contributed by atoms with Gasteiger partial charge in [-0.2, -0.15) is 4.72 Å². The van der Waals surface area contributed by atoms with E-state index in [0.717, 1.165) is 13.1 Å². The number of hydrogen-bond acceptors (Lipinski definition) is 7. The molecule has 1 fully saturated rings. The van der Waals surface area contributed by atoms with Crippen LogP contribution in [0.5, 0.6) is 5.75 Å². The predicted octanol–water partition coefficient (Wildman–Crippen LogP) is 0.237. The lowest BCUT2D eigenvalue weighted by atomic mass is 10.2. The van der Waals surface area contributed by atoms with Crippen LogP contribution in [0, 0.1) is 0 Å². The summed E-state index contributed by atoms with van der Waals surface area (Å²) in [6.45, 7) is 3.38. The topological polar surface area (TPSA) is 94.2 Å². The Morgan fingerprint density at radius 3 is 2.44 bits per heavy atom. The number of rotatable bonds is 8. The zero-order chi connectivity index (χ0) is 18.3. The molecule has 1 aromatic rings. The van der Waals surface area contributed by atoms with Gasteiger partial charge in [0.2, 0.25) is 10.0 Å². The van der Waals surface area contributed by atoms with Crippen molar-refractivity contribution in [3.05, 3.63) is 24.3 Å². The number of carbonyl (C=O) groups excluding carboxylic acids is 1. The summed E-state index contributed by atoms with van der Waals surface area (Å²) in [6, 6.07) is 5.01. The smallest absolute Gasteiger partial charge is 0.323 e. The van der Waals surface area contributed by atoms with E-state index in [0.29, 0.717) is 31.9 Å². The van der Waals surface area contributed by atoms with E-state index in [1.807, 2.05) is 0 Å². The largest absolute Gasteiger partial charge is 0.497 e. The van der Waals surface area contributed by atoms with Crippen LogP contribution < -0.4 is 9.46 Å². The van der Waals surface area contributed by atoms with E-state index in [4.69, 9.17) is 14.2 Å². The fraction of sp³-hybridized carbons (Fsp3) is 0.562. The van der Waals surface area contributed by atoms with Crippen molar-refractivity contribution >= 4 is 16.0 Å². The Hall–Kier alpha value is -1.68. The molecule has 8 nitrogen and oxygen atoms in total. The molecule has 0 amide bonds. The highest BCUT2D eigenvalue weighted by atomic mass is 32.2. The molecule has 1 unspecified atom stereocenters. The molecule has 1 aliphatic rings.